The fourth-order valence-electron chi connectivity index (χ4n) is 3.09. The van der Waals surface area contributed by atoms with Crippen molar-refractivity contribution in [1.82, 2.24) is 0 Å². The van der Waals surface area contributed by atoms with Crippen molar-refractivity contribution in [2.24, 2.45) is 0 Å². The highest BCUT2D eigenvalue weighted by Crippen LogP contribution is 2.31. The molecule has 0 amide bonds. The van der Waals surface area contributed by atoms with E-state index in [-0.39, 0.29) is 11.5 Å². The lowest BCUT2D eigenvalue weighted by Crippen LogP contribution is -2.60. The highest BCUT2D eigenvalue weighted by Gasteiger charge is 2.46. The van der Waals surface area contributed by atoms with Gasteiger partial charge in [-0.2, -0.15) is 0 Å². The summed E-state index contributed by atoms with van der Waals surface area (Å²) >= 11 is 1.19. The number of thiophene rings is 1. The van der Waals surface area contributed by atoms with E-state index in [0.29, 0.717) is 4.88 Å². The van der Waals surface area contributed by atoms with Gasteiger partial charge in [0.25, 0.3) is 0 Å². The molecule has 1 saturated heterocycles. The van der Waals surface area contributed by atoms with Crippen molar-refractivity contribution in [3.05, 3.63) is 52.2 Å². The van der Waals surface area contributed by atoms with E-state index < -0.39 is 37.3 Å². The summed E-state index contributed by atoms with van der Waals surface area (Å²) in [6.07, 6.45) is -2.64. The topological polar surface area (TPSA) is 115 Å². The van der Waals surface area contributed by atoms with Gasteiger partial charge in [-0.1, -0.05) is 18.2 Å². The summed E-state index contributed by atoms with van der Waals surface area (Å²) in [5, 5.41) is 31.6. The number of carbonyl (C=O) groups is 1. The Morgan fingerprint density at radius 3 is 2.53 bits per heavy atom. The van der Waals surface area contributed by atoms with Crippen LogP contribution in [0.1, 0.15) is 15.2 Å². The third-order valence-corrected chi connectivity index (χ3v) is 5.64. The van der Waals surface area contributed by atoms with E-state index in [1.165, 1.54) is 24.5 Å². The molecule has 0 aliphatic carbocycles. The lowest BCUT2D eigenvalue weighted by atomic mass is 9.99. The molecule has 5 atom stereocenters. The van der Waals surface area contributed by atoms with Crippen molar-refractivity contribution in [3.8, 4) is 11.5 Å². The lowest BCUT2D eigenvalue weighted by Gasteiger charge is -2.41. The molecule has 3 N–H and O–H groups in total. The number of benzene rings is 1. The lowest BCUT2D eigenvalue weighted by molar-refractivity contribution is -0.281. The maximum atomic E-state index is 12.7. The number of allylic oxidation sites excluding steroid dienone is 1. The molecule has 30 heavy (non-hydrogen) atoms. The smallest absolute Gasteiger partial charge is 0.229 e. The van der Waals surface area contributed by atoms with Crippen molar-refractivity contribution in [1.29, 1.82) is 0 Å². The van der Waals surface area contributed by atoms with Crippen molar-refractivity contribution in [3.63, 3.8) is 0 Å². The first-order chi connectivity index (χ1) is 14.5. The fraction of sp³-hybridized carbons (Fsp3) is 0.381. The van der Waals surface area contributed by atoms with Gasteiger partial charge in [0.05, 0.1) is 13.7 Å². The summed E-state index contributed by atoms with van der Waals surface area (Å²) in [5.41, 5.74) is 0.830. The number of methoxy groups -OCH3 is 2. The third kappa shape index (κ3) is 4.89. The summed E-state index contributed by atoms with van der Waals surface area (Å²) in [5.74, 6) is 0.679. The molecule has 9 heteroatoms. The molecule has 5 unspecified atom stereocenters. The van der Waals surface area contributed by atoms with Gasteiger partial charge in [0.15, 0.2) is 5.78 Å². The molecule has 8 nitrogen and oxygen atoms in total. The first kappa shape index (κ1) is 22.4. The quantitative estimate of drug-likeness (QED) is 0.421. The highest BCUT2D eigenvalue weighted by atomic mass is 32.1. The van der Waals surface area contributed by atoms with Crippen LogP contribution in [0.3, 0.4) is 0 Å². The second-order valence-corrected chi connectivity index (χ2v) is 7.53. The van der Waals surface area contributed by atoms with E-state index >= 15 is 0 Å². The molecule has 0 radical (unpaired) electrons. The Labute approximate surface area is 177 Å². The van der Waals surface area contributed by atoms with Gasteiger partial charge >= 0.3 is 0 Å². The van der Waals surface area contributed by atoms with Crippen molar-refractivity contribution >= 4 is 23.2 Å². The summed E-state index contributed by atoms with van der Waals surface area (Å²) < 4.78 is 21.4. The molecule has 1 fully saturated rings. The number of ketones is 1. The van der Waals surface area contributed by atoms with Gasteiger partial charge in [0, 0.05) is 7.11 Å². The maximum absolute atomic E-state index is 12.7. The molecular weight excluding hydrogens is 412 g/mol. The highest BCUT2D eigenvalue weighted by molar-refractivity contribution is 7.12. The molecule has 0 bridgehead atoms. The number of carbonyl (C=O) groups excluding carboxylic acids is 1. The predicted octanol–water partition coefficient (Wildman–Crippen LogP) is 1.49. The van der Waals surface area contributed by atoms with Gasteiger partial charge in [0.1, 0.15) is 40.8 Å². The Kier molecular flexibility index (Phi) is 7.59. The monoisotopic (exact) mass is 436 g/mol. The Morgan fingerprint density at radius 1 is 1.17 bits per heavy atom. The number of aliphatic hydroxyl groups excluding tert-OH is 3. The number of hydrogen-bond acceptors (Lipinski definition) is 9. The van der Waals surface area contributed by atoms with Gasteiger partial charge in [-0.3, -0.25) is 4.79 Å². The standard InChI is InChI=1S/C21H24O8S/c1-26-13-6-3-12(4-7-13)5-8-14(23)20-15(9-10-30-20)28-21-18(25)19(27-2)17(24)16(11-22)29-21/h3-10,16-19,21-22,24-25H,11H2,1-2H3/b8-5+. The molecule has 2 aromatic rings. The van der Waals surface area contributed by atoms with Crippen molar-refractivity contribution in [2.45, 2.75) is 30.7 Å². The zero-order valence-corrected chi connectivity index (χ0v) is 17.3. The Hall–Kier alpha value is -2.27. The van der Waals surface area contributed by atoms with Crippen molar-refractivity contribution < 1.29 is 39.1 Å². The summed E-state index contributed by atoms with van der Waals surface area (Å²) in [6, 6.07) is 8.83. The van der Waals surface area contributed by atoms with Crippen LogP contribution in [0.5, 0.6) is 11.5 Å². The summed E-state index contributed by atoms with van der Waals surface area (Å²) in [6.45, 7) is -0.479. The molecular formula is C21H24O8S. The van der Waals surface area contributed by atoms with E-state index in [4.69, 9.17) is 18.9 Å². The van der Waals surface area contributed by atoms with Crippen LogP contribution in [-0.4, -0.2) is 72.6 Å². The summed E-state index contributed by atoms with van der Waals surface area (Å²) in [7, 11) is 2.91. The SMILES string of the molecule is COc1ccc(/C=C/C(=O)c2sccc2OC2OC(CO)C(O)C(OC)C2O)cc1. The van der Waals surface area contributed by atoms with E-state index in [1.54, 1.807) is 36.8 Å². The van der Waals surface area contributed by atoms with Gasteiger partial charge in [-0.05, 0) is 35.2 Å². The second kappa shape index (κ2) is 10.2. The van der Waals surface area contributed by atoms with Crippen LogP contribution in [0.4, 0.5) is 0 Å². The first-order valence-corrected chi connectivity index (χ1v) is 10.1. The largest absolute Gasteiger partial charge is 0.497 e. The second-order valence-electron chi connectivity index (χ2n) is 6.61. The zero-order valence-electron chi connectivity index (χ0n) is 16.5. The van der Waals surface area contributed by atoms with Gasteiger partial charge in [-0.15, -0.1) is 11.3 Å². The van der Waals surface area contributed by atoms with Crippen LogP contribution in [0.15, 0.2) is 41.8 Å². The minimum atomic E-state index is -1.31. The van der Waals surface area contributed by atoms with Crippen molar-refractivity contribution in [2.75, 3.05) is 20.8 Å². The minimum Gasteiger partial charge on any atom is -0.497 e. The average Bonchev–Trinajstić information content (AvgIpc) is 3.23. The maximum Gasteiger partial charge on any atom is 0.229 e. The molecule has 1 aromatic carbocycles. The molecule has 3 rings (SSSR count). The van der Waals surface area contributed by atoms with E-state index in [0.717, 1.165) is 11.3 Å². The van der Waals surface area contributed by atoms with E-state index in [9.17, 15) is 20.1 Å². The average molecular weight is 436 g/mol. The third-order valence-electron chi connectivity index (χ3n) is 4.73. The van der Waals surface area contributed by atoms with E-state index in [1.807, 2.05) is 12.1 Å². The minimum absolute atomic E-state index is 0.233. The normalized spacial score (nSPS) is 26.6. The molecule has 1 aliphatic rings. The number of rotatable bonds is 8. The van der Waals surface area contributed by atoms with Crippen LogP contribution in [0.2, 0.25) is 0 Å². The number of ether oxygens (including phenoxy) is 4. The Balaban J connectivity index is 1.72. The zero-order chi connectivity index (χ0) is 21.7. The van der Waals surface area contributed by atoms with Gasteiger partial charge in [0.2, 0.25) is 6.29 Å². The van der Waals surface area contributed by atoms with E-state index in [2.05, 4.69) is 0 Å². The fourth-order valence-corrected chi connectivity index (χ4v) is 3.83. The molecule has 0 saturated carbocycles. The molecule has 0 spiro atoms. The Bertz CT molecular complexity index is 862. The first-order valence-electron chi connectivity index (χ1n) is 9.24. The summed E-state index contributed by atoms with van der Waals surface area (Å²) in [4.78, 5) is 13.0. The number of aliphatic hydroxyl groups is 3. The molecule has 1 aliphatic heterocycles. The molecule has 2 heterocycles. The molecule has 162 valence electrons. The van der Waals surface area contributed by atoms with Crippen LogP contribution in [0.25, 0.3) is 6.08 Å². The van der Waals surface area contributed by atoms with Gasteiger partial charge in [-0.25, -0.2) is 0 Å². The van der Waals surface area contributed by atoms with Crippen LogP contribution in [0, 0.1) is 0 Å². The van der Waals surface area contributed by atoms with Crippen LogP contribution < -0.4 is 9.47 Å². The Morgan fingerprint density at radius 2 is 1.90 bits per heavy atom. The van der Waals surface area contributed by atoms with Gasteiger partial charge < -0.3 is 34.3 Å². The number of hydrogen-bond donors (Lipinski definition) is 3. The predicted molar refractivity (Wildman–Crippen MR) is 110 cm³/mol. The van der Waals surface area contributed by atoms with Crippen LogP contribution in [-0.2, 0) is 9.47 Å². The van der Waals surface area contributed by atoms with Crippen LogP contribution >= 0.6 is 11.3 Å². The molecule has 1 aromatic heterocycles.